The van der Waals surface area contributed by atoms with Gasteiger partial charge in [0.2, 0.25) is 0 Å². The van der Waals surface area contributed by atoms with Gasteiger partial charge in [-0.3, -0.25) is 4.79 Å². The Balaban J connectivity index is 1.42. The number of carbonyl (C=O) groups is 1. The van der Waals surface area contributed by atoms with E-state index < -0.39 is 0 Å². The molecule has 0 bridgehead atoms. The monoisotopic (exact) mass is 389 g/mol. The maximum atomic E-state index is 12.4. The zero-order valence-corrected chi connectivity index (χ0v) is 16.3. The van der Waals surface area contributed by atoms with E-state index in [-0.39, 0.29) is 5.91 Å². The normalized spacial score (nSPS) is 13.0. The van der Waals surface area contributed by atoms with Gasteiger partial charge in [0.25, 0.3) is 5.91 Å². The Hall–Kier alpha value is -3.11. The molecule has 5 heteroatoms. The van der Waals surface area contributed by atoms with Crippen molar-refractivity contribution in [3.05, 3.63) is 99.6 Å². The first-order valence-corrected chi connectivity index (χ1v) is 9.49. The van der Waals surface area contributed by atoms with Crippen molar-refractivity contribution in [3.63, 3.8) is 0 Å². The van der Waals surface area contributed by atoms with Crippen LogP contribution in [0.4, 0.5) is 5.69 Å². The molecule has 0 fully saturated rings. The van der Waals surface area contributed by atoms with Crippen LogP contribution in [0, 0.1) is 6.92 Å². The van der Waals surface area contributed by atoms with E-state index in [1.54, 1.807) is 6.21 Å². The van der Waals surface area contributed by atoms with E-state index in [1.165, 1.54) is 11.1 Å². The Morgan fingerprint density at radius 3 is 2.46 bits per heavy atom. The summed E-state index contributed by atoms with van der Waals surface area (Å²) in [4.78, 5) is 14.7. The number of amides is 1. The number of hydrazone groups is 1. The van der Waals surface area contributed by atoms with Gasteiger partial charge in [-0.05, 0) is 60.0 Å². The van der Waals surface area contributed by atoms with E-state index in [4.69, 9.17) is 11.6 Å². The number of benzene rings is 3. The molecule has 4 nitrogen and oxygen atoms in total. The summed E-state index contributed by atoms with van der Waals surface area (Å²) in [5.74, 6) is -0.212. The van der Waals surface area contributed by atoms with Crippen LogP contribution in [0.25, 0.3) is 0 Å². The maximum Gasteiger partial charge on any atom is 0.271 e. The number of carbonyl (C=O) groups excluding carboxylic acids is 1. The molecule has 3 aromatic carbocycles. The summed E-state index contributed by atoms with van der Waals surface area (Å²) in [6, 6.07) is 21.6. The van der Waals surface area contributed by atoms with Crippen molar-refractivity contribution in [2.24, 2.45) is 5.10 Å². The van der Waals surface area contributed by atoms with E-state index in [9.17, 15) is 4.79 Å². The summed E-state index contributed by atoms with van der Waals surface area (Å²) in [5.41, 5.74) is 8.85. The van der Waals surface area contributed by atoms with E-state index in [0.717, 1.165) is 34.9 Å². The van der Waals surface area contributed by atoms with Gasteiger partial charge in [0.15, 0.2) is 0 Å². The summed E-state index contributed by atoms with van der Waals surface area (Å²) < 4.78 is 0. The summed E-state index contributed by atoms with van der Waals surface area (Å²) in [6.45, 7) is 3.62. The Morgan fingerprint density at radius 1 is 1.00 bits per heavy atom. The van der Waals surface area contributed by atoms with Gasteiger partial charge in [0, 0.05) is 29.4 Å². The third-order valence-electron chi connectivity index (χ3n) is 4.84. The molecular weight excluding hydrogens is 370 g/mol. The predicted octanol–water partition coefficient (Wildman–Crippen LogP) is 4.93. The largest absolute Gasteiger partial charge is 0.363 e. The zero-order chi connectivity index (χ0) is 19.5. The van der Waals surface area contributed by atoms with Crippen molar-refractivity contribution in [1.82, 2.24) is 5.43 Å². The average Bonchev–Trinajstić information content (AvgIpc) is 3.13. The summed E-state index contributed by atoms with van der Waals surface area (Å²) in [5, 5.41) is 4.79. The fourth-order valence-corrected chi connectivity index (χ4v) is 3.38. The standard InChI is InChI=1S/C23H20ClN3O/c1-16-2-4-17(5-3-16)13-25-26-23(28)18-6-7-19-14-27(15-20(19)12-18)22-10-8-21(24)9-11-22/h2-13H,14-15H2,1H3,(H,26,28)/b25-13+. The molecule has 1 aliphatic rings. The van der Waals surface area contributed by atoms with Gasteiger partial charge in [-0.25, -0.2) is 5.43 Å². The minimum Gasteiger partial charge on any atom is -0.363 e. The minimum atomic E-state index is -0.212. The first kappa shape index (κ1) is 18.3. The van der Waals surface area contributed by atoms with Gasteiger partial charge in [0.05, 0.1) is 6.21 Å². The Kier molecular flexibility index (Phi) is 5.13. The van der Waals surface area contributed by atoms with Crippen LogP contribution in [-0.2, 0) is 13.1 Å². The number of aryl methyl sites for hydroxylation is 1. The molecule has 0 aromatic heterocycles. The molecule has 4 rings (SSSR count). The van der Waals surface area contributed by atoms with Crippen LogP contribution in [0.3, 0.4) is 0 Å². The van der Waals surface area contributed by atoms with E-state index >= 15 is 0 Å². The molecule has 0 radical (unpaired) electrons. The van der Waals surface area contributed by atoms with Crippen molar-refractivity contribution < 1.29 is 4.79 Å². The molecular formula is C23H20ClN3O. The second-order valence-corrected chi connectivity index (χ2v) is 7.36. The quantitative estimate of drug-likeness (QED) is 0.507. The second-order valence-electron chi connectivity index (χ2n) is 6.93. The third-order valence-corrected chi connectivity index (χ3v) is 5.09. The molecule has 140 valence electrons. The fraction of sp³-hybridized carbons (Fsp3) is 0.130. The number of halogens is 1. The third kappa shape index (κ3) is 4.07. The lowest BCUT2D eigenvalue weighted by Crippen LogP contribution is -2.17. The summed E-state index contributed by atoms with van der Waals surface area (Å²) in [7, 11) is 0. The Labute approximate surface area is 169 Å². The number of hydrogen-bond acceptors (Lipinski definition) is 3. The van der Waals surface area contributed by atoms with Crippen molar-refractivity contribution in [3.8, 4) is 0 Å². The van der Waals surface area contributed by atoms with Gasteiger partial charge in [0.1, 0.15) is 0 Å². The number of rotatable bonds is 4. The summed E-state index contributed by atoms with van der Waals surface area (Å²) >= 11 is 5.98. The van der Waals surface area contributed by atoms with E-state index in [0.29, 0.717) is 5.56 Å². The van der Waals surface area contributed by atoms with Crippen LogP contribution in [-0.4, -0.2) is 12.1 Å². The van der Waals surface area contributed by atoms with Crippen molar-refractivity contribution in [2.45, 2.75) is 20.0 Å². The van der Waals surface area contributed by atoms with Crippen LogP contribution in [0.2, 0.25) is 5.02 Å². The molecule has 28 heavy (non-hydrogen) atoms. The van der Waals surface area contributed by atoms with Gasteiger partial charge in [-0.15, -0.1) is 0 Å². The molecule has 0 saturated carbocycles. The Morgan fingerprint density at radius 2 is 1.71 bits per heavy atom. The summed E-state index contributed by atoms with van der Waals surface area (Å²) in [6.07, 6.45) is 1.65. The fourth-order valence-electron chi connectivity index (χ4n) is 3.25. The number of fused-ring (bicyclic) bond motifs is 1. The lowest BCUT2D eigenvalue weighted by atomic mass is 10.1. The highest BCUT2D eigenvalue weighted by Crippen LogP contribution is 2.29. The van der Waals surface area contributed by atoms with Gasteiger partial charge in [-0.1, -0.05) is 47.5 Å². The lowest BCUT2D eigenvalue weighted by molar-refractivity contribution is 0.0955. The molecule has 3 aromatic rings. The molecule has 0 atom stereocenters. The highest BCUT2D eigenvalue weighted by atomic mass is 35.5. The highest BCUT2D eigenvalue weighted by molar-refractivity contribution is 6.30. The van der Waals surface area contributed by atoms with Crippen LogP contribution >= 0.6 is 11.6 Å². The van der Waals surface area contributed by atoms with Crippen molar-refractivity contribution >= 4 is 29.4 Å². The second kappa shape index (κ2) is 7.87. The molecule has 1 heterocycles. The average molecular weight is 390 g/mol. The first-order chi connectivity index (χ1) is 13.6. The zero-order valence-electron chi connectivity index (χ0n) is 15.5. The maximum absolute atomic E-state index is 12.4. The van der Waals surface area contributed by atoms with Crippen LogP contribution in [0.1, 0.15) is 32.6 Å². The van der Waals surface area contributed by atoms with E-state index in [1.807, 2.05) is 73.7 Å². The van der Waals surface area contributed by atoms with Crippen molar-refractivity contribution in [2.75, 3.05) is 4.90 Å². The topological polar surface area (TPSA) is 44.7 Å². The molecule has 0 spiro atoms. The van der Waals surface area contributed by atoms with Crippen LogP contribution < -0.4 is 10.3 Å². The molecule has 1 N–H and O–H groups in total. The minimum absolute atomic E-state index is 0.212. The van der Waals surface area contributed by atoms with Crippen LogP contribution in [0.15, 0.2) is 71.8 Å². The number of nitrogens with zero attached hydrogens (tertiary/aromatic N) is 2. The molecule has 0 aliphatic carbocycles. The molecule has 1 amide bonds. The predicted molar refractivity (Wildman–Crippen MR) is 114 cm³/mol. The number of anilines is 1. The molecule has 0 saturated heterocycles. The molecule has 1 aliphatic heterocycles. The van der Waals surface area contributed by atoms with Gasteiger partial charge >= 0.3 is 0 Å². The highest BCUT2D eigenvalue weighted by Gasteiger charge is 2.20. The van der Waals surface area contributed by atoms with Gasteiger partial charge in [-0.2, -0.15) is 5.10 Å². The number of hydrogen-bond donors (Lipinski definition) is 1. The van der Waals surface area contributed by atoms with Crippen LogP contribution in [0.5, 0.6) is 0 Å². The lowest BCUT2D eigenvalue weighted by Gasteiger charge is -2.17. The first-order valence-electron chi connectivity index (χ1n) is 9.11. The Bertz CT molecular complexity index is 1030. The van der Waals surface area contributed by atoms with Gasteiger partial charge < -0.3 is 4.90 Å². The SMILES string of the molecule is Cc1ccc(/C=N/NC(=O)c2ccc3c(c2)CN(c2ccc(Cl)cc2)C3)cc1. The van der Waals surface area contributed by atoms with Crippen molar-refractivity contribution in [1.29, 1.82) is 0 Å². The smallest absolute Gasteiger partial charge is 0.271 e. The molecule has 0 unspecified atom stereocenters. The number of nitrogens with one attached hydrogen (secondary N) is 1. The van der Waals surface area contributed by atoms with E-state index in [2.05, 4.69) is 15.4 Å².